The van der Waals surface area contributed by atoms with Crippen LogP contribution < -0.4 is 5.32 Å². The quantitative estimate of drug-likeness (QED) is 0.181. The van der Waals surface area contributed by atoms with E-state index in [0.29, 0.717) is 13.1 Å². The summed E-state index contributed by atoms with van der Waals surface area (Å²) in [6, 6.07) is 0. The number of carbonyl (C=O) groups excluding carboxylic acids is 2. The zero-order valence-electron chi connectivity index (χ0n) is 12.6. The zero-order valence-corrected chi connectivity index (χ0v) is 16.2. The Bertz CT molecular complexity index is 557. The van der Waals surface area contributed by atoms with Crippen molar-refractivity contribution in [2.75, 3.05) is 13.1 Å². The molecule has 13 heteroatoms. The van der Waals surface area contributed by atoms with Crippen LogP contribution in [0.3, 0.4) is 0 Å². The second-order valence-electron chi connectivity index (χ2n) is 5.64. The van der Waals surface area contributed by atoms with E-state index in [0.717, 1.165) is 0 Å². The van der Waals surface area contributed by atoms with Gasteiger partial charge in [-0.05, 0) is 0 Å². The molecule has 2 aliphatic heterocycles. The van der Waals surface area contributed by atoms with Gasteiger partial charge in [0.05, 0.1) is 13.1 Å². The highest BCUT2D eigenvalue weighted by atomic mass is 32.1. The second-order valence-corrected chi connectivity index (χ2v) is 7.86. The summed E-state index contributed by atoms with van der Waals surface area (Å²) in [5, 5.41) is 16.1. The van der Waals surface area contributed by atoms with Gasteiger partial charge >= 0.3 is 11.9 Å². The minimum atomic E-state index is -1.23. The normalized spacial score (nSPS) is 26.4. The molecule has 0 radical (unpaired) electrons. The molecule has 0 bridgehead atoms. The SMILES string of the molecule is O=C(O)C(S)C(S)C(=O)N1CC1NC1CN1C(=O)C(S)C(S)C(=O)O. The molecule has 6 unspecified atom stereocenters. The van der Waals surface area contributed by atoms with E-state index in [-0.39, 0.29) is 12.3 Å². The van der Waals surface area contributed by atoms with Crippen LogP contribution in [0.25, 0.3) is 0 Å². The van der Waals surface area contributed by atoms with E-state index in [2.05, 4.69) is 55.8 Å². The highest BCUT2D eigenvalue weighted by Gasteiger charge is 2.49. The molecule has 2 rings (SSSR count). The van der Waals surface area contributed by atoms with Gasteiger partial charge in [0.1, 0.15) is 33.3 Å². The lowest BCUT2D eigenvalue weighted by molar-refractivity contribution is -0.138. The molecule has 3 N–H and O–H groups in total. The van der Waals surface area contributed by atoms with Crippen LogP contribution in [-0.2, 0) is 19.2 Å². The molecular weight excluding hydrogens is 410 g/mol. The van der Waals surface area contributed by atoms with Gasteiger partial charge in [-0.3, -0.25) is 24.5 Å². The number of carboxylic acid groups (broad SMARTS) is 2. The fraction of sp³-hybridized carbons (Fsp3) is 0.667. The largest absolute Gasteiger partial charge is 0.480 e. The molecule has 2 amide bonds. The average Bonchev–Trinajstić information content (AvgIpc) is 3.47. The zero-order chi connectivity index (χ0) is 19.0. The number of thiol groups is 4. The van der Waals surface area contributed by atoms with Crippen molar-refractivity contribution in [1.29, 1.82) is 0 Å². The van der Waals surface area contributed by atoms with Crippen molar-refractivity contribution in [2.24, 2.45) is 0 Å². The minimum absolute atomic E-state index is 0.330. The predicted octanol–water partition coefficient (Wildman–Crippen LogP) is -1.72. The van der Waals surface area contributed by atoms with Crippen LogP contribution in [0.1, 0.15) is 0 Å². The van der Waals surface area contributed by atoms with E-state index < -0.39 is 44.8 Å². The third-order valence-corrected chi connectivity index (χ3v) is 6.33. The average molecular weight is 428 g/mol. The number of amides is 2. The molecule has 9 nitrogen and oxygen atoms in total. The van der Waals surface area contributed by atoms with Gasteiger partial charge < -0.3 is 20.0 Å². The van der Waals surface area contributed by atoms with Crippen molar-refractivity contribution in [3.05, 3.63) is 0 Å². The van der Waals surface area contributed by atoms with Gasteiger partial charge in [0.2, 0.25) is 11.8 Å². The molecule has 2 fully saturated rings. The first kappa shape index (κ1) is 20.6. The van der Waals surface area contributed by atoms with E-state index in [1.54, 1.807) is 0 Å². The van der Waals surface area contributed by atoms with Crippen molar-refractivity contribution in [1.82, 2.24) is 15.1 Å². The molecule has 2 saturated heterocycles. The molecule has 2 heterocycles. The molecule has 6 atom stereocenters. The fourth-order valence-corrected chi connectivity index (χ4v) is 2.96. The highest BCUT2D eigenvalue weighted by molar-refractivity contribution is 7.86. The monoisotopic (exact) mass is 427 g/mol. The first-order chi connectivity index (χ1) is 11.6. The maximum Gasteiger partial charge on any atom is 0.318 e. The number of carboxylic acids is 2. The number of rotatable bonds is 8. The molecule has 25 heavy (non-hydrogen) atoms. The Morgan fingerprint density at radius 3 is 1.36 bits per heavy atom. The molecule has 0 aliphatic carbocycles. The van der Waals surface area contributed by atoms with Crippen LogP contribution in [-0.4, -0.2) is 90.2 Å². The van der Waals surface area contributed by atoms with E-state index >= 15 is 0 Å². The Morgan fingerprint density at radius 2 is 1.08 bits per heavy atom. The Labute approximate surface area is 165 Å². The number of hydrogen-bond acceptors (Lipinski definition) is 9. The van der Waals surface area contributed by atoms with Crippen molar-refractivity contribution in [3.63, 3.8) is 0 Å². The summed E-state index contributed by atoms with van der Waals surface area (Å²) in [7, 11) is 0. The topological polar surface area (TPSA) is 127 Å². The first-order valence-corrected chi connectivity index (χ1v) is 9.17. The number of carbonyl (C=O) groups is 4. The van der Waals surface area contributed by atoms with Crippen LogP contribution in [0, 0.1) is 0 Å². The fourth-order valence-electron chi connectivity index (χ4n) is 2.15. The van der Waals surface area contributed by atoms with Gasteiger partial charge in [-0.15, -0.1) is 0 Å². The molecule has 0 spiro atoms. The Hall–Kier alpha value is -0.760. The minimum Gasteiger partial charge on any atom is -0.480 e. The Morgan fingerprint density at radius 1 is 0.760 bits per heavy atom. The standard InChI is InChI=1S/C12H17N3O6S4/c16-9(5(22)7(24)11(18)19)14-1-3(14)13-4-2-15(4)10(17)6(23)8(25)12(20)21/h3-8,13,22-25H,1-2H2,(H,18,19)(H,20,21). The first-order valence-electron chi connectivity index (χ1n) is 7.11. The van der Waals surface area contributed by atoms with Crippen molar-refractivity contribution in [3.8, 4) is 0 Å². The molecule has 0 aromatic heterocycles. The lowest BCUT2D eigenvalue weighted by Gasteiger charge is -2.16. The van der Waals surface area contributed by atoms with Crippen LogP contribution in [0.2, 0.25) is 0 Å². The van der Waals surface area contributed by atoms with Crippen molar-refractivity contribution in [2.45, 2.75) is 33.3 Å². The third kappa shape index (κ3) is 4.70. The van der Waals surface area contributed by atoms with Gasteiger partial charge in [0, 0.05) is 0 Å². The molecule has 0 aromatic rings. The molecular formula is C12H17N3O6S4. The van der Waals surface area contributed by atoms with Gasteiger partial charge in [-0.2, -0.15) is 50.5 Å². The highest BCUT2D eigenvalue weighted by Crippen LogP contribution is 2.27. The van der Waals surface area contributed by atoms with E-state index in [9.17, 15) is 19.2 Å². The van der Waals surface area contributed by atoms with Crippen LogP contribution in [0.15, 0.2) is 0 Å². The predicted molar refractivity (Wildman–Crippen MR) is 101 cm³/mol. The molecule has 140 valence electrons. The molecule has 2 aliphatic rings. The number of hydrogen-bond donors (Lipinski definition) is 7. The Balaban J connectivity index is 1.79. The number of aliphatic carboxylic acids is 2. The van der Waals surface area contributed by atoms with Gasteiger partial charge in [-0.25, -0.2) is 0 Å². The lowest BCUT2D eigenvalue weighted by atomic mass is 10.3. The third-order valence-electron chi connectivity index (χ3n) is 3.79. The van der Waals surface area contributed by atoms with Gasteiger partial charge in [0.15, 0.2) is 0 Å². The summed E-state index contributed by atoms with van der Waals surface area (Å²) in [6.45, 7) is 0.728. The van der Waals surface area contributed by atoms with Crippen molar-refractivity contribution < 1.29 is 29.4 Å². The van der Waals surface area contributed by atoms with E-state index in [1.165, 1.54) is 9.80 Å². The van der Waals surface area contributed by atoms with Crippen LogP contribution >= 0.6 is 50.5 Å². The van der Waals surface area contributed by atoms with E-state index in [4.69, 9.17) is 10.2 Å². The summed E-state index contributed by atoms with van der Waals surface area (Å²) in [6.07, 6.45) is -0.659. The maximum absolute atomic E-state index is 12.1. The molecule has 0 aromatic carbocycles. The van der Waals surface area contributed by atoms with E-state index in [1.807, 2.05) is 0 Å². The van der Waals surface area contributed by atoms with Gasteiger partial charge in [-0.1, -0.05) is 0 Å². The number of nitrogens with one attached hydrogen (secondary N) is 1. The maximum atomic E-state index is 12.1. The smallest absolute Gasteiger partial charge is 0.318 e. The number of nitrogens with zero attached hydrogens (tertiary/aromatic N) is 2. The second kappa shape index (κ2) is 7.86. The summed E-state index contributed by atoms with van der Waals surface area (Å²) >= 11 is 15.6. The van der Waals surface area contributed by atoms with Crippen LogP contribution in [0.4, 0.5) is 0 Å². The van der Waals surface area contributed by atoms with Crippen LogP contribution in [0.5, 0.6) is 0 Å². The summed E-state index contributed by atoms with van der Waals surface area (Å²) in [5.74, 6) is -3.40. The Kier molecular flexibility index (Phi) is 6.46. The van der Waals surface area contributed by atoms with Crippen molar-refractivity contribution >= 4 is 74.3 Å². The molecule has 0 saturated carbocycles. The summed E-state index contributed by atoms with van der Waals surface area (Å²) < 4.78 is 0. The lowest BCUT2D eigenvalue weighted by Crippen LogP contribution is -2.40. The summed E-state index contributed by atoms with van der Waals surface area (Å²) in [4.78, 5) is 48.6. The van der Waals surface area contributed by atoms with Gasteiger partial charge in [0.25, 0.3) is 0 Å². The summed E-state index contributed by atoms with van der Waals surface area (Å²) in [5.41, 5.74) is 0.